The van der Waals surface area contributed by atoms with Gasteiger partial charge in [0.2, 0.25) is 0 Å². The van der Waals surface area contributed by atoms with E-state index in [2.05, 4.69) is 5.32 Å². The van der Waals surface area contributed by atoms with Gasteiger partial charge in [-0.1, -0.05) is 17.7 Å². The average molecular weight is 290 g/mol. The van der Waals surface area contributed by atoms with Crippen LogP contribution in [-0.2, 0) is 4.74 Å². The molecule has 0 aliphatic heterocycles. The zero-order chi connectivity index (χ0) is 14.5. The summed E-state index contributed by atoms with van der Waals surface area (Å²) in [5, 5.41) is 11.6. The van der Waals surface area contributed by atoms with E-state index < -0.39 is 17.3 Å². The maximum atomic E-state index is 13.7. The second-order valence-corrected chi connectivity index (χ2v) is 4.93. The van der Waals surface area contributed by atoms with Crippen LogP contribution in [0.25, 0.3) is 0 Å². The molecule has 0 aliphatic rings. The zero-order valence-corrected chi connectivity index (χ0v) is 11.6. The highest BCUT2D eigenvalue weighted by molar-refractivity contribution is 6.31. The van der Waals surface area contributed by atoms with Crippen LogP contribution in [0.2, 0.25) is 5.02 Å². The Labute approximate surface area is 116 Å². The number of methoxy groups -OCH3 is 1. The first-order chi connectivity index (χ1) is 8.93. The van der Waals surface area contributed by atoms with Crippen LogP contribution in [0.5, 0.6) is 0 Å². The Morgan fingerprint density at radius 1 is 1.58 bits per heavy atom. The third-order valence-corrected chi connectivity index (χ3v) is 3.03. The van der Waals surface area contributed by atoms with Crippen molar-refractivity contribution in [3.05, 3.63) is 34.6 Å². The molecule has 106 valence electrons. The summed E-state index contributed by atoms with van der Waals surface area (Å²) >= 11 is 5.63. The van der Waals surface area contributed by atoms with Crippen LogP contribution in [0.3, 0.4) is 0 Å². The van der Waals surface area contributed by atoms with Crippen molar-refractivity contribution >= 4 is 17.5 Å². The molecule has 1 rings (SSSR count). The van der Waals surface area contributed by atoms with Gasteiger partial charge in [-0.15, -0.1) is 0 Å². The number of amides is 1. The molecule has 19 heavy (non-hydrogen) atoms. The number of halogens is 2. The van der Waals surface area contributed by atoms with Gasteiger partial charge >= 0.3 is 0 Å². The third kappa shape index (κ3) is 4.16. The Morgan fingerprint density at radius 2 is 2.26 bits per heavy atom. The number of aliphatic hydroxyl groups excluding tert-OH is 1. The predicted octanol–water partition coefficient (Wildman–Crippen LogP) is 2.00. The van der Waals surface area contributed by atoms with E-state index in [-0.39, 0.29) is 23.8 Å². The first-order valence-electron chi connectivity index (χ1n) is 5.80. The molecule has 0 aliphatic carbocycles. The van der Waals surface area contributed by atoms with E-state index in [0.29, 0.717) is 6.42 Å². The fourth-order valence-electron chi connectivity index (χ4n) is 1.76. The molecule has 0 bridgehead atoms. The summed E-state index contributed by atoms with van der Waals surface area (Å²) in [5.41, 5.74) is -0.900. The van der Waals surface area contributed by atoms with Crippen LogP contribution in [-0.4, -0.2) is 36.9 Å². The topological polar surface area (TPSA) is 58.6 Å². The number of hydrogen-bond acceptors (Lipinski definition) is 3. The van der Waals surface area contributed by atoms with E-state index in [1.165, 1.54) is 25.3 Å². The lowest BCUT2D eigenvalue weighted by atomic mass is 9.98. The van der Waals surface area contributed by atoms with Crippen LogP contribution in [0, 0.1) is 5.82 Å². The molecule has 1 aromatic carbocycles. The molecule has 0 heterocycles. The van der Waals surface area contributed by atoms with Gasteiger partial charge in [0, 0.05) is 13.7 Å². The van der Waals surface area contributed by atoms with Gasteiger partial charge in [0.05, 0.1) is 22.7 Å². The Hall–Kier alpha value is -1.17. The van der Waals surface area contributed by atoms with Crippen molar-refractivity contribution in [3.8, 4) is 0 Å². The minimum atomic E-state index is -0.769. The molecule has 0 saturated heterocycles. The second kappa shape index (κ2) is 6.84. The van der Waals surface area contributed by atoms with Crippen LogP contribution in [0.15, 0.2) is 18.2 Å². The maximum absolute atomic E-state index is 13.7. The Morgan fingerprint density at radius 3 is 2.84 bits per heavy atom. The van der Waals surface area contributed by atoms with Crippen LogP contribution in [0.1, 0.15) is 23.7 Å². The zero-order valence-electron chi connectivity index (χ0n) is 10.9. The van der Waals surface area contributed by atoms with Crippen molar-refractivity contribution < 1.29 is 19.0 Å². The first kappa shape index (κ1) is 15.9. The summed E-state index contributed by atoms with van der Waals surface area (Å²) < 4.78 is 18.7. The molecule has 0 unspecified atom stereocenters. The van der Waals surface area contributed by atoms with Crippen molar-refractivity contribution in [2.45, 2.75) is 18.9 Å². The van der Waals surface area contributed by atoms with Gasteiger partial charge in [-0.05, 0) is 25.5 Å². The fourth-order valence-corrected chi connectivity index (χ4v) is 1.93. The number of carbonyl (C=O) groups is 1. The highest BCUT2D eigenvalue weighted by Crippen LogP contribution is 2.19. The number of benzene rings is 1. The summed E-state index contributed by atoms with van der Waals surface area (Å²) in [6.07, 6.45) is 0.300. The normalized spacial score (nSPS) is 13.9. The number of carbonyl (C=O) groups excluding carboxylic acids is 1. The molecule has 4 nitrogen and oxygen atoms in total. The molecular weight excluding hydrogens is 273 g/mol. The lowest BCUT2D eigenvalue weighted by molar-refractivity contribution is 0.0722. The number of rotatable bonds is 6. The van der Waals surface area contributed by atoms with E-state index in [0.717, 1.165) is 0 Å². The van der Waals surface area contributed by atoms with Gasteiger partial charge in [-0.25, -0.2) is 4.39 Å². The van der Waals surface area contributed by atoms with E-state index in [4.69, 9.17) is 21.4 Å². The Bertz CT molecular complexity index is 448. The molecule has 0 fully saturated rings. The molecule has 0 aromatic heterocycles. The van der Waals surface area contributed by atoms with E-state index >= 15 is 0 Å². The predicted molar refractivity (Wildman–Crippen MR) is 70.9 cm³/mol. The molecule has 6 heteroatoms. The molecular formula is C13H17ClFNO3. The highest BCUT2D eigenvalue weighted by Gasteiger charge is 2.27. The monoisotopic (exact) mass is 289 g/mol. The van der Waals surface area contributed by atoms with Crippen molar-refractivity contribution in [2.24, 2.45) is 0 Å². The largest absolute Gasteiger partial charge is 0.396 e. The van der Waals surface area contributed by atoms with Crippen LogP contribution in [0.4, 0.5) is 4.39 Å². The summed E-state index contributed by atoms with van der Waals surface area (Å²) in [6, 6.07) is 4.22. The third-order valence-electron chi connectivity index (χ3n) is 2.74. The van der Waals surface area contributed by atoms with Gasteiger partial charge in [-0.3, -0.25) is 4.79 Å². The van der Waals surface area contributed by atoms with E-state index in [1.54, 1.807) is 6.92 Å². The maximum Gasteiger partial charge on any atom is 0.254 e. The standard InChI is InChI=1S/C13H17ClFNO3/c1-13(6-7-17,8-19-2)16-12(18)9-4-3-5-10(14)11(9)15/h3-5,17H,6-8H2,1-2H3,(H,16,18)/t13-/m1/s1. The van der Waals surface area contributed by atoms with Crippen molar-refractivity contribution in [1.29, 1.82) is 0 Å². The van der Waals surface area contributed by atoms with Crippen LogP contribution < -0.4 is 5.32 Å². The molecule has 0 spiro atoms. The number of nitrogens with one attached hydrogen (secondary N) is 1. The van der Waals surface area contributed by atoms with Gasteiger partial charge in [-0.2, -0.15) is 0 Å². The first-order valence-corrected chi connectivity index (χ1v) is 6.17. The van der Waals surface area contributed by atoms with Crippen molar-refractivity contribution in [3.63, 3.8) is 0 Å². The molecule has 1 amide bonds. The fraction of sp³-hybridized carbons (Fsp3) is 0.462. The summed E-state index contributed by atoms with van der Waals surface area (Å²) in [7, 11) is 1.49. The van der Waals surface area contributed by atoms with Gasteiger partial charge < -0.3 is 15.2 Å². The Kier molecular flexibility index (Phi) is 5.72. The minimum absolute atomic E-state index is 0.108. The van der Waals surface area contributed by atoms with Crippen LogP contribution >= 0.6 is 11.6 Å². The summed E-state index contributed by atoms with van der Waals surface area (Å²) in [5.74, 6) is -1.35. The smallest absolute Gasteiger partial charge is 0.254 e. The molecule has 1 atom stereocenters. The second-order valence-electron chi connectivity index (χ2n) is 4.52. The molecule has 0 radical (unpaired) electrons. The number of aliphatic hydroxyl groups is 1. The molecule has 1 aromatic rings. The quantitative estimate of drug-likeness (QED) is 0.842. The lowest BCUT2D eigenvalue weighted by Gasteiger charge is -2.29. The number of hydrogen-bond donors (Lipinski definition) is 2. The van der Waals surface area contributed by atoms with E-state index in [9.17, 15) is 9.18 Å². The number of ether oxygens (including phenoxy) is 1. The molecule has 2 N–H and O–H groups in total. The van der Waals surface area contributed by atoms with Crippen molar-refractivity contribution in [2.75, 3.05) is 20.3 Å². The average Bonchev–Trinajstić information content (AvgIpc) is 2.32. The van der Waals surface area contributed by atoms with Gasteiger partial charge in [0.15, 0.2) is 5.82 Å². The lowest BCUT2D eigenvalue weighted by Crippen LogP contribution is -2.50. The Balaban J connectivity index is 2.91. The summed E-state index contributed by atoms with van der Waals surface area (Å²) in [4.78, 5) is 12.0. The molecule has 0 saturated carbocycles. The van der Waals surface area contributed by atoms with Gasteiger partial charge in [0.25, 0.3) is 5.91 Å². The SMILES string of the molecule is COC[C@@](C)(CCO)NC(=O)c1cccc(Cl)c1F. The summed E-state index contributed by atoms with van der Waals surface area (Å²) in [6.45, 7) is 1.81. The van der Waals surface area contributed by atoms with Crippen molar-refractivity contribution in [1.82, 2.24) is 5.32 Å². The minimum Gasteiger partial charge on any atom is -0.396 e. The highest BCUT2D eigenvalue weighted by atomic mass is 35.5. The van der Waals surface area contributed by atoms with Gasteiger partial charge in [0.1, 0.15) is 0 Å². The van der Waals surface area contributed by atoms with E-state index in [1.807, 2.05) is 0 Å².